The number of carbonyl (C=O) groups is 2. The predicted molar refractivity (Wildman–Crippen MR) is 144 cm³/mol. The van der Waals surface area contributed by atoms with Gasteiger partial charge >= 0.3 is 10.2 Å². The summed E-state index contributed by atoms with van der Waals surface area (Å²) in [6.07, 6.45) is 4.97. The minimum atomic E-state index is -4.23. The minimum Gasteiger partial charge on any atom is -0.497 e. The van der Waals surface area contributed by atoms with Gasteiger partial charge in [0.1, 0.15) is 24.2 Å². The van der Waals surface area contributed by atoms with E-state index >= 15 is 0 Å². The maximum absolute atomic E-state index is 14.7. The molecular weight excluding hydrogens is 511 g/mol. The first-order valence-corrected chi connectivity index (χ1v) is 14.1. The van der Waals surface area contributed by atoms with Gasteiger partial charge < -0.3 is 15.0 Å². The van der Waals surface area contributed by atoms with Crippen molar-refractivity contribution in [3.63, 3.8) is 0 Å². The number of halogens is 1. The van der Waals surface area contributed by atoms with Crippen molar-refractivity contribution >= 4 is 27.7 Å². The summed E-state index contributed by atoms with van der Waals surface area (Å²) in [5.41, 5.74) is 0.475. The topological polar surface area (TPSA) is 99.3 Å². The van der Waals surface area contributed by atoms with E-state index in [9.17, 15) is 22.4 Å². The average molecular weight is 549 g/mol. The van der Waals surface area contributed by atoms with Gasteiger partial charge in [-0.2, -0.15) is 12.7 Å². The molecule has 1 fully saturated rings. The van der Waals surface area contributed by atoms with E-state index in [0.717, 1.165) is 52.3 Å². The minimum absolute atomic E-state index is 0.0423. The number of amides is 2. The molecule has 0 aromatic heterocycles. The van der Waals surface area contributed by atoms with Crippen LogP contribution < -0.4 is 14.4 Å². The van der Waals surface area contributed by atoms with Crippen LogP contribution in [0, 0.1) is 5.82 Å². The van der Waals surface area contributed by atoms with E-state index in [2.05, 4.69) is 5.32 Å². The molecule has 208 valence electrons. The molecule has 0 heterocycles. The number of benzene rings is 2. The van der Waals surface area contributed by atoms with Gasteiger partial charge in [0.15, 0.2) is 0 Å². The number of carbonyl (C=O) groups excluding carboxylic acids is 2. The fourth-order valence-electron chi connectivity index (χ4n) is 4.43. The molecule has 38 heavy (non-hydrogen) atoms. The van der Waals surface area contributed by atoms with Gasteiger partial charge in [0.2, 0.25) is 11.8 Å². The molecular formula is C27H37FN4O5S. The Morgan fingerprint density at radius 3 is 2.26 bits per heavy atom. The van der Waals surface area contributed by atoms with Crippen LogP contribution in [0.2, 0.25) is 0 Å². The summed E-state index contributed by atoms with van der Waals surface area (Å²) >= 11 is 0. The third kappa shape index (κ3) is 7.22. The van der Waals surface area contributed by atoms with Crippen molar-refractivity contribution in [1.82, 2.24) is 14.5 Å². The van der Waals surface area contributed by atoms with Crippen LogP contribution in [0.3, 0.4) is 0 Å². The van der Waals surface area contributed by atoms with Crippen molar-refractivity contribution in [2.45, 2.75) is 57.7 Å². The number of ether oxygens (including phenoxy) is 1. The molecule has 1 atom stereocenters. The van der Waals surface area contributed by atoms with E-state index in [0.29, 0.717) is 5.75 Å². The number of anilines is 1. The van der Waals surface area contributed by atoms with Crippen LogP contribution in [0.1, 0.15) is 44.6 Å². The number of nitrogens with one attached hydrogen (secondary N) is 1. The number of para-hydroxylation sites is 1. The molecule has 11 heteroatoms. The van der Waals surface area contributed by atoms with Crippen molar-refractivity contribution in [3.8, 4) is 5.75 Å². The van der Waals surface area contributed by atoms with Crippen LogP contribution in [0.4, 0.5) is 10.1 Å². The third-order valence-electron chi connectivity index (χ3n) is 6.77. The molecule has 0 unspecified atom stereocenters. The zero-order valence-corrected chi connectivity index (χ0v) is 23.2. The van der Waals surface area contributed by atoms with E-state index < -0.39 is 34.5 Å². The lowest BCUT2D eigenvalue weighted by Gasteiger charge is -2.34. The van der Waals surface area contributed by atoms with Crippen molar-refractivity contribution in [1.29, 1.82) is 0 Å². The summed E-state index contributed by atoms with van der Waals surface area (Å²) in [5.74, 6) is -1.10. The summed E-state index contributed by atoms with van der Waals surface area (Å²) in [5, 5.41) is 3.05. The Hall–Kier alpha value is -3.18. The largest absolute Gasteiger partial charge is 0.497 e. The maximum Gasteiger partial charge on any atom is 0.304 e. The fourth-order valence-corrected chi connectivity index (χ4v) is 5.50. The summed E-state index contributed by atoms with van der Waals surface area (Å²) < 4.78 is 47.9. The van der Waals surface area contributed by atoms with Gasteiger partial charge in [-0.15, -0.1) is 0 Å². The smallest absolute Gasteiger partial charge is 0.304 e. The highest BCUT2D eigenvalue weighted by atomic mass is 32.2. The second-order valence-electron chi connectivity index (χ2n) is 9.64. The van der Waals surface area contributed by atoms with Crippen LogP contribution in [-0.2, 0) is 26.3 Å². The van der Waals surface area contributed by atoms with Crippen molar-refractivity contribution in [2.75, 3.05) is 32.1 Å². The third-order valence-corrected chi connectivity index (χ3v) is 8.58. The molecule has 0 spiro atoms. The number of hydrogen-bond acceptors (Lipinski definition) is 5. The lowest BCUT2D eigenvalue weighted by Crippen LogP contribution is -2.53. The SMILES string of the molecule is COc1ccc(CN(C(=O)CN(c2ccccc2F)S(=O)(=O)N(C)C)[C@@H](C)C(=O)NC2CCCCC2)cc1. The molecule has 1 saturated carbocycles. The Morgan fingerprint density at radius 2 is 1.68 bits per heavy atom. The quantitative estimate of drug-likeness (QED) is 0.465. The second-order valence-corrected chi connectivity index (χ2v) is 11.7. The van der Waals surface area contributed by atoms with Crippen LogP contribution in [0.5, 0.6) is 5.75 Å². The Labute approximate surface area is 224 Å². The first-order valence-electron chi connectivity index (χ1n) is 12.7. The van der Waals surface area contributed by atoms with Crippen LogP contribution in [-0.4, -0.2) is 69.3 Å². The predicted octanol–water partition coefficient (Wildman–Crippen LogP) is 3.31. The maximum atomic E-state index is 14.7. The van der Waals surface area contributed by atoms with Crippen molar-refractivity contribution < 1.29 is 27.1 Å². The summed E-state index contributed by atoms with van der Waals surface area (Å²) in [6.45, 7) is 0.987. The monoisotopic (exact) mass is 548 g/mol. The zero-order chi connectivity index (χ0) is 27.9. The molecule has 3 rings (SSSR count). The van der Waals surface area contributed by atoms with Crippen molar-refractivity contribution in [2.24, 2.45) is 0 Å². The van der Waals surface area contributed by atoms with E-state index in [1.165, 1.54) is 37.2 Å². The summed E-state index contributed by atoms with van der Waals surface area (Å²) in [6, 6.07) is 11.6. The average Bonchev–Trinajstić information content (AvgIpc) is 2.91. The van der Waals surface area contributed by atoms with E-state index in [1.807, 2.05) is 0 Å². The Balaban J connectivity index is 1.92. The van der Waals surface area contributed by atoms with Gasteiger partial charge in [-0.1, -0.05) is 43.5 Å². The molecule has 0 radical (unpaired) electrons. The molecule has 0 bridgehead atoms. The molecule has 2 amide bonds. The Kier molecular flexibility index (Phi) is 10.1. The van der Waals surface area contributed by atoms with Crippen LogP contribution >= 0.6 is 0 Å². The van der Waals surface area contributed by atoms with Gasteiger partial charge in [0.05, 0.1) is 12.8 Å². The van der Waals surface area contributed by atoms with Gasteiger partial charge in [-0.25, -0.2) is 8.70 Å². The number of hydrogen-bond donors (Lipinski definition) is 1. The standard InChI is InChI=1S/C27H37FN4O5S/c1-20(27(34)29-22-10-6-5-7-11-22)31(18-21-14-16-23(37-4)17-15-21)26(33)19-32(38(35,36)30(2)3)25-13-9-8-12-24(25)28/h8-9,12-17,20,22H,5-7,10-11,18-19H2,1-4H3,(H,29,34)/t20-/m0/s1. The normalized spacial score (nSPS) is 15.1. The molecule has 1 aliphatic carbocycles. The number of rotatable bonds is 11. The first kappa shape index (κ1) is 29.4. The lowest BCUT2D eigenvalue weighted by molar-refractivity contribution is -0.139. The van der Waals surface area contributed by atoms with Crippen LogP contribution in [0.25, 0.3) is 0 Å². The summed E-state index contributed by atoms with van der Waals surface area (Å²) in [4.78, 5) is 28.3. The van der Waals surface area contributed by atoms with Gasteiger partial charge in [-0.3, -0.25) is 9.59 Å². The molecule has 2 aromatic rings. The van der Waals surface area contributed by atoms with Gasteiger partial charge in [-0.05, 0) is 49.6 Å². The molecule has 1 aliphatic rings. The summed E-state index contributed by atoms with van der Waals surface area (Å²) in [7, 11) is -0.0678. The number of methoxy groups -OCH3 is 1. The highest BCUT2D eigenvalue weighted by molar-refractivity contribution is 7.90. The first-order chi connectivity index (χ1) is 18.0. The zero-order valence-electron chi connectivity index (χ0n) is 22.4. The highest BCUT2D eigenvalue weighted by Crippen LogP contribution is 2.24. The van der Waals surface area contributed by atoms with Gasteiger partial charge in [0, 0.05) is 26.7 Å². The Bertz CT molecular complexity index is 1200. The van der Waals surface area contributed by atoms with Crippen LogP contribution in [0.15, 0.2) is 48.5 Å². The van der Waals surface area contributed by atoms with E-state index in [1.54, 1.807) is 38.3 Å². The molecule has 0 aliphatic heterocycles. The molecule has 2 aromatic carbocycles. The molecule has 1 N–H and O–H groups in total. The van der Waals surface area contributed by atoms with Crippen molar-refractivity contribution in [3.05, 3.63) is 59.9 Å². The fraction of sp³-hybridized carbons (Fsp3) is 0.481. The highest BCUT2D eigenvalue weighted by Gasteiger charge is 2.34. The van der Waals surface area contributed by atoms with E-state index in [4.69, 9.17) is 4.74 Å². The second kappa shape index (κ2) is 13.1. The lowest BCUT2D eigenvalue weighted by atomic mass is 9.95. The molecule has 9 nitrogen and oxygen atoms in total. The molecule has 0 saturated heterocycles. The van der Waals surface area contributed by atoms with E-state index in [-0.39, 0.29) is 24.2 Å². The number of nitrogens with zero attached hydrogens (tertiary/aromatic N) is 3. The Morgan fingerprint density at radius 1 is 1.05 bits per heavy atom. The van der Waals surface area contributed by atoms with Gasteiger partial charge in [0.25, 0.3) is 0 Å².